The molecule has 0 radical (unpaired) electrons. The van der Waals surface area contributed by atoms with Crippen LogP contribution in [0.1, 0.15) is 24.5 Å². The van der Waals surface area contributed by atoms with Gasteiger partial charge in [-0.25, -0.2) is 4.98 Å². The molecule has 2 aromatic rings. The second-order valence-electron chi connectivity index (χ2n) is 5.58. The lowest BCUT2D eigenvalue weighted by Gasteiger charge is -2.26. The summed E-state index contributed by atoms with van der Waals surface area (Å²) in [5, 5.41) is 6.72. The Labute approximate surface area is 145 Å². The number of para-hydroxylation sites is 1. The van der Waals surface area contributed by atoms with Gasteiger partial charge in [-0.05, 0) is 32.9 Å². The summed E-state index contributed by atoms with van der Waals surface area (Å²) < 4.78 is 0. The minimum Gasteiger partial charge on any atom is -0.384 e. The van der Waals surface area contributed by atoms with Gasteiger partial charge in [-0.1, -0.05) is 23.4 Å². The fourth-order valence-corrected chi connectivity index (χ4v) is 2.88. The van der Waals surface area contributed by atoms with Gasteiger partial charge in [0.2, 0.25) is 0 Å². The molecule has 6 nitrogen and oxygen atoms in total. The molecule has 0 fully saturated rings. The van der Waals surface area contributed by atoms with Crippen molar-refractivity contribution in [3.63, 3.8) is 0 Å². The van der Waals surface area contributed by atoms with Crippen molar-refractivity contribution in [2.24, 2.45) is 10.9 Å². The predicted molar refractivity (Wildman–Crippen MR) is 97.2 cm³/mol. The average Bonchev–Trinajstić information content (AvgIpc) is 2.93. The molecule has 1 heterocycles. The highest BCUT2D eigenvalue weighted by Crippen LogP contribution is 2.16. The number of nitrogens with two attached hydrogens (primary N) is 1. The van der Waals surface area contributed by atoms with Crippen LogP contribution in [-0.4, -0.2) is 29.4 Å². The van der Waals surface area contributed by atoms with E-state index in [2.05, 4.69) is 10.1 Å². The van der Waals surface area contributed by atoms with Crippen molar-refractivity contribution in [1.29, 1.82) is 0 Å². The fourth-order valence-electron chi connectivity index (χ4n) is 2.27. The van der Waals surface area contributed by atoms with Crippen molar-refractivity contribution >= 4 is 28.8 Å². The minimum atomic E-state index is -0.169. The predicted octanol–water partition coefficient (Wildman–Crippen LogP) is 2.72. The first kappa shape index (κ1) is 17.9. The van der Waals surface area contributed by atoms with Crippen LogP contribution in [0.4, 0.5) is 5.69 Å². The highest BCUT2D eigenvalue weighted by atomic mass is 32.1. The Hall–Kier alpha value is -2.41. The largest absolute Gasteiger partial charge is 0.384 e. The summed E-state index contributed by atoms with van der Waals surface area (Å²) in [6.45, 7) is 5.67. The summed E-state index contributed by atoms with van der Waals surface area (Å²) in [5.74, 6) is 0.126. The monoisotopic (exact) mass is 346 g/mol. The number of anilines is 1. The molecule has 2 N–H and O–H groups in total. The molecule has 1 amide bonds. The summed E-state index contributed by atoms with van der Waals surface area (Å²) >= 11 is 1.56. The van der Waals surface area contributed by atoms with Crippen LogP contribution in [0.25, 0.3) is 0 Å². The molecule has 0 bridgehead atoms. The van der Waals surface area contributed by atoms with E-state index in [9.17, 15) is 4.79 Å². The first-order chi connectivity index (χ1) is 11.5. The van der Waals surface area contributed by atoms with Gasteiger partial charge in [0, 0.05) is 17.1 Å². The molecular weight excluding hydrogens is 324 g/mol. The fraction of sp³-hybridized carbons (Fsp3) is 0.353. The number of carbonyl (C=O) groups excluding carboxylic acids is 1. The number of hydrogen-bond donors (Lipinski definition) is 1. The maximum atomic E-state index is 12.4. The van der Waals surface area contributed by atoms with Crippen LogP contribution in [-0.2, 0) is 16.1 Å². The summed E-state index contributed by atoms with van der Waals surface area (Å²) in [4.78, 5) is 23.5. The van der Waals surface area contributed by atoms with Gasteiger partial charge in [0.15, 0.2) is 6.61 Å². The number of aromatic nitrogens is 1. The lowest BCUT2D eigenvalue weighted by atomic mass is 10.2. The summed E-state index contributed by atoms with van der Waals surface area (Å²) in [6, 6.07) is 9.49. The van der Waals surface area contributed by atoms with E-state index in [-0.39, 0.29) is 18.6 Å². The highest BCUT2D eigenvalue weighted by molar-refractivity contribution is 7.09. The van der Waals surface area contributed by atoms with Gasteiger partial charge < -0.3 is 15.5 Å². The molecule has 2 rings (SSSR count). The summed E-state index contributed by atoms with van der Waals surface area (Å²) in [7, 11) is 0. The number of amides is 1. The second-order valence-corrected chi connectivity index (χ2v) is 6.65. The van der Waals surface area contributed by atoms with Gasteiger partial charge in [0.25, 0.3) is 5.91 Å². The van der Waals surface area contributed by atoms with Gasteiger partial charge in [-0.2, -0.15) is 0 Å². The first-order valence-electron chi connectivity index (χ1n) is 7.69. The van der Waals surface area contributed by atoms with Crippen LogP contribution in [0.2, 0.25) is 0 Å². The third-order valence-electron chi connectivity index (χ3n) is 3.22. The normalized spacial score (nSPS) is 11.6. The van der Waals surface area contributed by atoms with Crippen LogP contribution in [0.3, 0.4) is 0 Å². The molecule has 128 valence electrons. The Balaban J connectivity index is 1.92. The number of carbonyl (C=O) groups is 1. The smallest absolute Gasteiger partial charge is 0.267 e. The number of aryl methyl sites for hydroxylation is 1. The molecule has 1 aromatic heterocycles. The van der Waals surface area contributed by atoms with E-state index in [4.69, 9.17) is 10.6 Å². The number of oxime groups is 1. The lowest BCUT2D eigenvalue weighted by molar-refractivity contribution is -0.123. The maximum absolute atomic E-state index is 12.4. The number of amidine groups is 1. The second kappa shape index (κ2) is 8.44. The zero-order chi connectivity index (χ0) is 17.5. The summed E-state index contributed by atoms with van der Waals surface area (Å²) in [5.41, 5.74) is 7.49. The molecule has 0 aliphatic heterocycles. The van der Waals surface area contributed by atoms with Crippen LogP contribution in [0.15, 0.2) is 40.9 Å². The zero-order valence-electron chi connectivity index (χ0n) is 14.1. The third kappa shape index (κ3) is 5.06. The lowest BCUT2D eigenvalue weighted by Crippen LogP contribution is -2.39. The minimum absolute atomic E-state index is 0.0165. The molecule has 0 unspecified atom stereocenters. The number of thiazole rings is 1. The quantitative estimate of drug-likeness (QED) is 0.475. The van der Waals surface area contributed by atoms with E-state index >= 15 is 0 Å². The van der Waals surface area contributed by atoms with Crippen molar-refractivity contribution in [2.45, 2.75) is 33.2 Å². The zero-order valence-corrected chi connectivity index (χ0v) is 14.9. The van der Waals surface area contributed by atoms with Crippen molar-refractivity contribution in [3.8, 4) is 0 Å². The van der Waals surface area contributed by atoms with E-state index in [0.29, 0.717) is 12.3 Å². The molecule has 0 saturated heterocycles. The maximum Gasteiger partial charge on any atom is 0.267 e. The number of rotatable bonds is 7. The highest BCUT2D eigenvalue weighted by Gasteiger charge is 2.19. The molecule has 0 saturated carbocycles. The Morgan fingerprint density at radius 1 is 1.38 bits per heavy atom. The van der Waals surface area contributed by atoms with E-state index in [1.165, 1.54) is 0 Å². The van der Waals surface area contributed by atoms with Gasteiger partial charge in [0.1, 0.15) is 5.84 Å². The van der Waals surface area contributed by atoms with E-state index in [0.717, 1.165) is 16.4 Å². The third-order valence-corrected chi connectivity index (χ3v) is 4.04. The Kier molecular flexibility index (Phi) is 6.31. The van der Waals surface area contributed by atoms with Gasteiger partial charge in [-0.15, -0.1) is 11.3 Å². The molecule has 1 aromatic carbocycles. The number of benzene rings is 1. The molecule has 24 heavy (non-hydrogen) atoms. The van der Waals surface area contributed by atoms with Crippen LogP contribution < -0.4 is 10.6 Å². The number of hydrogen-bond acceptors (Lipinski definition) is 5. The Morgan fingerprint density at radius 3 is 2.67 bits per heavy atom. The molecule has 0 aliphatic rings. The van der Waals surface area contributed by atoms with Crippen molar-refractivity contribution < 1.29 is 9.63 Å². The SMILES string of the molecule is Cc1nc(C/C(N)=N\OCC(=O)N(c2ccccc2)C(C)C)cs1. The van der Waals surface area contributed by atoms with Gasteiger partial charge >= 0.3 is 0 Å². The van der Waals surface area contributed by atoms with E-state index < -0.39 is 0 Å². The molecule has 0 aliphatic carbocycles. The van der Waals surface area contributed by atoms with Crippen LogP contribution in [0, 0.1) is 6.92 Å². The number of nitrogens with zero attached hydrogens (tertiary/aromatic N) is 3. The van der Waals surface area contributed by atoms with Gasteiger partial charge in [0.05, 0.1) is 17.1 Å². The molecule has 0 atom stereocenters. The van der Waals surface area contributed by atoms with E-state index in [1.54, 1.807) is 16.2 Å². The summed E-state index contributed by atoms with van der Waals surface area (Å²) in [6.07, 6.45) is 0.408. The average molecular weight is 346 g/mol. The van der Waals surface area contributed by atoms with Crippen molar-refractivity contribution in [1.82, 2.24) is 4.98 Å². The van der Waals surface area contributed by atoms with Crippen LogP contribution >= 0.6 is 11.3 Å². The van der Waals surface area contributed by atoms with Crippen molar-refractivity contribution in [3.05, 3.63) is 46.4 Å². The Bertz CT molecular complexity index is 698. The molecule has 0 spiro atoms. The Morgan fingerprint density at radius 2 is 2.08 bits per heavy atom. The molecular formula is C17H22N4O2S. The molecule has 7 heteroatoms. The van der Waals surface area contributed by atoms with Crippen LogP contribution in [0.5, 0.6) is 0 Å². The topological polar surface area (TPSA) is 80.8 Å². The standard InChI is InChI=1S/C17H22N4O2S/c1-12(2)21(15-7-5-4-6-8-15)17(22)10-23-20-16(18)9-14-11-24-13(3)19-14/h4-8,11-12H,9-10H2,1-3H3,(H2,18,20). The van der Waals surface area contributed by atoms with Crippen molar-refractivity contribution in [2.75, 3.05) is 11.5 Å². The van der Waals surface area contributed by atoms with Gasteiger partial charge in [-0.3, -0.25) is 4.79 Å². The van der Waals surface area contributed by atoms with E-state index in [1.807, 2.05) is 56.5 Å². The first-order valence-corrected chi connectivity index (χ1v) is 8.57.